The maximum absolute atomic E-state index is 12.4. The van der Waals surface area contributed by atoms with Gasteiger partial charge in [0.05, 0.1) is 18.6 Å². The van der Waals surface area contributed by atoms with Crippen LogP contribution in [0.5, 0.6) is 11.5 Å². The molecule has 0 atom stereocenters. The first kappa shape index (κ1) is 28.3. The highest BCUT2D eigenvalue weighted by Crippen LogP contribution is 2.41. The summed E-state index contributed by atoms with van der Waals surface area (Å²) in [6.45, 7) is 6.74. The summed E-state index contributed by atoms with van der Waals surface area (Å²) in [6, 6.07) is 16.2. The van der Waals surface area contributed by atoms with Crippen molar-refractivity contribution in [2.75, 3.05) is 27.3 Å². The summed E-state index contributed by atoms with van der Waals surface area (Å²) in [5, 5.41) is 3.08. The van der Waals surface area contributed by atoms with Gasteiger partial charge in [-0.05, 0) is 68.1 Å². The lowest BCUT2D eigenvalue weighted by Gasteiger charge is -2.25. The van der Waals surface area contributed by atoms with E-state index in [0.717, 1.165) is 21.2 Å². The van der Waals surface area contributed by atoms with Crippen LogP contribution < -0.4 is 9.47 Å². The highest BCUT2D eigenvalue weighted by Gasteiger charge is 2.32. The van der Waals surface area contributed by atoms with E-state index in [0.29, 0.717) is 57.7 Å². The molecule has 4 amide bonds. The summed E-state index contributed by atoms with van der Waals surface area (Å²) in [7, 11) is 3.01. The molecule has 6 rings (SSSR count). The average Bonchev–Trinajstić information content (AvgIpc) is 2.94. The second-order valence-corrected chi connectivity index (χ2v) is 9.34. The molecule has 8 heteroatoms. The Bertz CT molecular complexity index is 1620. The van der Waals surface area contributed by atoms with E-state index in [1.807, 2.05) is 39.0 Å². The van der Waals surface area contributed by atoms with Crippen molar-refractivity contribution in [1.82, 2.24) is 9.80 Å². The lowest BCUT2D eigenvalue weighted by atomic mass is 9.92. The zero-order valence-electron chi connectivity index (χ0n) is 22.5. The van der Waals surface area contributed by atoms with Gasteiger partial charge < -0.3 is 9.47 Å². The molecule has 2 heterocycles. The number of hydrogen-bond donors (Lipinski definition) is 0. The van der Waals surface area contributed by atoms with Crippen LogP contribution in [0.4, 0.5) is 0 Å². The Morgan fingerprint density at radius 3 is 1.48 bits per heavy atom. The Balaban J connectivity index is 0.000000186. The zero-order chi connectivity index (χ0) is 28.0. The minimum atomic E-state index is -0.306. The van der Waals surface area contributed by atoms with E-state index in [-0.39, 0.29) is 31.1 Å². The van der Waals surface area contributed by atoms with E-state index >= 15 is 0 Å². The second kappa shape index (κ2) is 10.8. The van der Waals surface area contributed by atoms with Crippen LogP contribution in [-0.2, 0) is 0 Å². The minimum Gasteiger partial charge on any atom is -0.493 e. The number of amides is 4. The number of hydrogen-bond acceptors (Lipinski definition) is 6. The molecule has 40 heavy (non-hydrogen) atoms. The van der Waals surface area contributed by atoms with Gasteiger partial charge in [-0.3, -0.25) is 29.0 Å². The molecule has 0 radical (unpaired) electrons. The molecule has 0 unspecified atom stereocenters. The molecule has 8 nitrogen and oxygen atoms in total. The van der Waals surface area contributed by atoms with Crippen molar-refractivity contribution in [2.45, 2.75) is 28.2 Å². The molecule has 4 aromatic rings. The van der Waals surface area contributed by atoms with Crippen molar-refractivity contribution in [3.63, 3.8) is 0 Å². The van der Waals surface area contributed by atoms with Crippen molar-refractivity contribution in [1.29, 1.82) is 0 Å². The van der Waals surface area contributed by atoms with Crippen molar-refractivity contribution >= 4 is 45.2 Å². The number of rotatable bonds is 4. The molecule has 0 aliphatic carbocycles. The zero-order valence-corrected chi connectivity index (χ0v) is 22.5. The van der Waals surface area contributed by atoms with Gasteiger partial charge >= 0.3 is 0 Å². The second-order valence-electron chi connectivity index (χ2n) is 9.34. The number of carbonyl (C=O) groups excluding carboxylic acids is 4. The molecule has 0 spiro atoms. The van der Waals surface area contributed by atoms with Gasteiger partial charge in [0, 0.05) is 47.1 Å². The molecule has 0 aromatic heterocycles. The van der Waals surface area contributed by atoms with Gasteiger partial charge in [0.15, 0.2) is 0 Å². The lowest BCUT2D eigenvalue weighted by Crippen LogP contribution is -2.36. The summed E-state index contributed by atoms with van der Waals surface area (Å²) >= 11 is 0. The molecule has 0 bridgehead atoms. The van der Waals surface area contributed by atoms with E-state index < -0.39 is 0 Å². The van der Waals surface area contributed by atoms with Crippen LogP contribution in [0, 0.1) is 6.92 Å². The largest absolute Gasteiger partial charge is 0.493 e. The molecule has 2 aliphatic heterocycles. The van der Waals surface area contributed by atoms with Crippen molar-refractivity contribution in [2.24, 2.45) is 0 Å². The summed E-state index contributed by atoms with van der Waals surface area (Å²) in [6.07, 6.45) is 0. The van der Waals surface area contributed by atoms with Crippen molar-refractivity contribution in [3.05, 3.63) is 82.4 Å². The molecule has 0 fully saturated rings. The first-order valence-electron chi connectivity index (χ1n) is 12.7. The third-order valence-electron chi connectivity index (χ3n) is 7.08. The van der Waals surface area contributed by atoms with E-state index in [2.05, 4.69) is 0 Å². The third kappa shape index (κ3) is 4.25. The van der Waals surface area contributed by atoms with Gasteiger partial charge in [0.1, 0.15) is 11.5 Å². The predicted molar refractivity (Wildman–Crippen MR) is 155 cm³/mol. The summed E-state index contributed by atoms with van der Waals surface area (Å²) in [4.78, 5) is 51.1. The Morgan fingerprint density at radius 1 is 0.575 bits per heavy atom. The normalized spacial score (nSPS) is 13.7. The molecule has 4 aromatic carbocycles. The molecule has 206 valence electrons. The maximum atomic E-state index is 12.4. The Morgan fingerprint density at radius 2 is 1.00 bits per heavy atom. The monoisotopic (exact) mass is 540 g/mol. The third-order valence-corrected chi connectivity index (χ3v) is 7.08. The van der Waals surface area contributed by atoms with Gasteiger partial charge in [-0.1, -0.05) is 25.6 Å². The lowest BCUT2D eigenvalue weighted by molar-refractivity contribution is 0.0635. The van der Waals surface area contributed by atoms with Gasteiger partial charge in [-0.15, -0.1) is 0 Å². The molecule has 0 saturated heterocycles. The van der Waals surface area contributed by atoms with E-state index in [1.54, 1.807) is 36.4 Å². The van der Waals surface area contributed by atoms with Crippen LogP contribution in [0.2, 0.25) is 0 Å². The topological polar surface area (TPSA) is 93.2 Å². The number of benzene rings is 4. The van der Waals surface area contributed by atoms with Crippen LogP contribution in [0.3, 0.4) is 0 Å². The van der Waals surface area contributed by atoms with Crippen LogP contribution in [-0.4, -0.2) is 60.7 Å². The molecule has 0 N–H and O–H groups in total. The van der Waals surface area contributed by atoms with Crippen molar-refractivity contribution in [3.8, 4) is 11.5 Å². The highest BCUT2D eigenvalue weighted by molar-refractivity contribution is 6.27. The molecular formula is C32H32N2O6. The fourth-order valence-electron chi connectivity index (χ4n) is 5.16. The van der Waals surface area contributed by atoms with Crippen LogP contribution >= 0.6 is 0 Å². The fourth-order valence-corrected chi connectivity index (χ4v) is 5.16. The van der Waals surface area contributed by atoms with Crippen LogP contribution in [0.25, 0.3) is 21.5 Å². The van der Waals surface area contributed by atoms with Crippen LogP contribution in [0.15, 0.2) is 54.6 Å². The van der Waals surface area contributed by atoms with Gasteiger partial charge in [-0.2, -0.15) is 0 Å². The molecule has 2 aliphatic rings. The number of carbonyl (C=O) groups is 4. The number of aryl methyl sites for hydroxylation is 1. The average molecular weight is 541 g/mol. The fraction of sp³-hybridized carbons (Fsp3) is 0.250. The minimum absolute atomic E-state index is 0. The van der Waals surface area contributed by atoms with E-state index in [1.165, 1.54) is 19.0 Å². The summed E-state index contributed by atoms with van der Waals surface area (Å²) in [5.41, 5.74) is 3.30. The number of ether oxygens (including phenoxy) is 2. The van der Waals surface area contributed by atoms with E-state index in [9.17, 15) is 19.2 Å². The highest BCUT2D eigenvalue weighted by atomic mass is 16.5. The van der Waals surface area contributed by atoms with Gasteiger partial charge in [-0.25, -0.2) is 0 Å². The Labute approximate surface area is 233 Å². The van der Waals surface area contributed by atoms with Gasteiger partial charge in [0.25, 0.3) is 23.6 Å². The van der Waals surface area contributed by atoms with Crippen molar-refractivity contribution < 1.29 is 28.7 Å². The first-order chi connectivity index (χ1) is 18.7. The summed E-state index contributed by atoms with van der Waals surface area (Å²) in [5.74, 6) is 0.184. The molecule has 0 saturated carbocycles. The Hall–Kier alpha value is -4.72. The number of nitrogens with zero attached hydrogens (tertiary/aromatic N) is 2. The SMILES string of the molecule is C.CCOc1ccc2c3c(ccc(OCC)c13)C(=O)N(C)C2=O.Cc1ccc2c3c(cccc13)C(=O)N(C)C2=O. The van der Waals surface area contributed by atoms with Gasteiger partial charge in [0.2, 0.25) is 0 Å². The standard InChI is InChI=1S/C17H17NO4.C14H11NO2.CH4/c1-4-21-12-8-6-10-14-11(17(20)18(3)16(10)19)7-9-13(15(12)14)22-5-2;1-8-6-7-11-12-9(8)4-3-5-10(12)13(16)15(2)14(11)17;/h6-9H,4-5H2,1-3H3;3-7H,1-2H3;1H4. The Kier molecular flexibility index (Phi) is 7.64. The quantitative estimate of drug-likeness (QED) is 0.301. The molecular weight excluding hydrogens is 508 g/mol. The van der Waals surface area contributed by atoms with E-state index in [4.69, 9.17) is 9.47 Å². The number of imide groups is 2. The predicted octanol–water partition coefficient (Wildman–Crippen LogP) is 5.87. The summed E-state index contributed by atoms with van der Waals surface area (Å²) < 4.78 is 11.3. The smallest absolute Gasteiger partial charge is 0.261 e. The first-order valence-corrected chi connectivity index (χ1v) is 12.7. The maximum Gasteiger partial charge on any atom is 0.261 e. The van der Waals surface area contributed by atoms with Crippen LogP contribution in [0.1, 0.15) is 68.3 Å².